The maximum Gasteiger partial charge on any atom is 0.0280 e. The highest BCUT2D eigenvalue weighted by Gasteiger charge is 2.26. The molecule has 2 nitrogen and oxygen atoms in total. The third-order valence-electron chi connectivity index (χ3n) is 2.88. The zero-order valence-corrected chi connectivity index (χ0v) is 10.3. The van der Waals surface area contributed by atoms with Crippen molar-refractivity contribution in [2.45, 2.75) is 51.5 Å². The molecule has 0 unspecified atom stereocenters. The van der Waals surface area contributed by atoms with Crippen molar-refractivity contribution >= 4 is 12.4 Å². The molecule has 1 aliphatic rings. The van der Waals surface area contributed by atoms with Crippen molar-refractivity contribution in [3.8, 4) is 0 Å². The summed E-state index contributed by atoms with van der Waals surface area (Å²) in [5.74, 6) is 0.729. The van der Waals surface area contributed by atoms with E-state index in [-0.39, 0.29) is 17.9 Å². The van der Waals surface area contributed by atoms with E-state index in [1.165, 1.54) is 32.1 Å². The molecule has 1 rings (SSSR count). The number of halogens is 1. The lowest BCUT2D eigenvalue weighted by Gasteiger charge is -2.33. The Labute approximate surface area is 94.4 Å². The lowest BCUT2D eigenvalue weighted by molar-refractivity contribution is 0.280. The highest BCUT2D eigenvalue weighted by Crippen LogP contribution is 2.24. The van der Waals surface area contributed by atoms with Crippen molar-refractivity contribution in [3.63, 3.8) is 0 Å². The van der Waals surface area contributed by atoms with Gasteiger partial charge in [-0.1, -0.05) is 33.1 Å². The molecule has 0 spiro atoms. The second-order valence-corrected chi connectivity index (χ2v) is 4.95. The van der Waals surface area contributed by atoms with E-state index in [0.29, 0.717) is 0 Å². The molecule has 14 heavy (non-hydrogen) atoms. The van der Waals surface area contributed by atoms with E-state index < -0.39 is 0 Å². The molecular weight excluding hydrogens is 196 g/mol. The van der Waals surface area contributed by atoms with Crippen molar-refractivity contribution in [2.24, 2.45) is 11.7 Å². The molecule has 1 fully saturated rings. The van der Waals surface area contributed by atoms with Crippen LogP contribution in [0.5, 0.6) is 0 Å². The van der Waals surface area contributed by atoms with Gasteiger partial charge in [-0.25, -0.2) is 0 Å². The molecular formula is C11H25ClN2. The summed E-state index contributed by atoms with van der Waals surface area (Å²) in [7, 11) is 0. The molecule has 0 aromatic carbocycles. The molecule has 0 aromatic heterocycles. The van der Waals surface area contributed by atoms with E-state index in [9.17, 15) is 0 Å². The zero-order valence-electron chi connectivity index (χ0n) is 9.51. The van der Waals surface area contributed by atoms with Crippen LogP contribution >= 0.6 is 12.4 Å². The fourth-order valence-corrected chi connectivity index (χ4v) is 2.04. The van der Waals surface area contributed by atoms with Crippen molar-refractivity contribution in [1.82, 2.24) is 5.32 Å². The van der Waals surface area contributed by atoms with Gasteiger partial charge in [0.2, 0.25) is 0 Å². The first-order chi connectivity index (χ1) is 6.12. The minimum atomic E-state index is 0. The van der Waals surface area contributed by atoms with Gasteiger partial charge in [0.1, 0.15) is 0 Å². The van der Waals surface area contributed by atoms with Gasteiger partial charge in [-0.05, 0) is 25.3 Å². The van der Waals surface area contributed by atoms with Crippen molar-refractivity contribution < 1.29 is 0 Å². The Morgan fingerprint density at radius 1 is 1.21 bits per heavy atom. The number of nitrogens with two attached hydrogens (primary N) is 1. The van der Waals surface area contributed by atoms with Gasteiger partial charge >= 0.3 is 0 Å². The Balaban J connectivity index is 0.00000169. The van der Waals surface area contributed by atoms with Crippen LogP contribution in [0.1, 0.15) is 46.0 Å². The molecule has 0 radical (unpaired) electrons. The molecule has 0 amide bonds. The van der Waals surface area contributed by atoms with Crippen LogP contribution in [-0.2, 0) is 0 Å². The Morgan fingerprint density at radius 3 is 2.29 bits per heavy atom. The quantitative estimate of drug-likeness (QED) is 0.763. The average Bonchev–Trinajstić information content (AvgIpc) is 2.04. The summed E-state index contributed by atoms with van der Waals surface area (Å²) < 4.78 is 0. The first kappa shape index (κ1) is 14.2. The van der Waals surface area contributed by atoms with Crippen molar-refractivity contribution in [1.29, 1.82) is 0 Å². The molecule has 1 aliphatic carbocycles. The Kier molecular flexibility index (Phi) is 6.75. The third-order valence-corrected chi connectivity index (χ3v) is 2.88. The molecule has 0 aromatic rings. The summed E-state index contributed by atoms with van der Waals surface area (Å²) >= 11 is 0. The smallest absolute Gasteiger partial charge is 0.0280 e. The van der Waals surface area contributed by atoms with Crippen LogP contribution < -0.4 is 11.1 Å². The second-order valence-electron chi connectivity index (χ2n) is 4.95. The Hall–Kier alpha value is 0.210. The van der Waals surface area contributed by atoms with Crippen LogP contribution in [0.25, 0.3) is 0 Å². The van der Waals surface area contributed by atoms with Crippen LogP contribution in [0.4, 0.5) is 0 Å². The summed E-state index contributed by atoms with van der Waals surface area (Å²) in [5, 5.41) is 3.47. The van der Waals surface area contributed by atoms with Gasteiger partial charge in [0.15, 0.2) is 0 Å². The Morgan fingerprint density at radius 2 is 1.79 bits per heavy atom. The second kappa shape index (κ2) is 6.65. The third kappa shape index (κ3) is 5.18. The highest BCUT2D eigenvalue weighted by molar-refractivity contribution is 5.85. The van der Waals surface area contributed by atoms with Crippen molar-refractivity contribution in [2.75, 3.05) is 13.1 Å². The van der Waals surface area contributed by atoms with Crippen molar-refractivity contribution in [3.05, 3.63) is 0 Å². The number of nitrogens with one attached hydrogen (secondary N) is 1. The highest BCUT2D eigenvalue weighted by atomic mass is 35.5. The zero-order chi connectivity index (χ0) is 9.73. The molecule has 86 valence electrons. The first-order valence-electron chi connectivity index (χ1n) is 5.62. The molecule has 3 N–H and O–H groups in total. The summed E-state index contributed by atoms with van der Waals surface area (Å²) in [6, 6.07) is 0. The normalized spacial score (nSPS) is 20.6. The molecule has 0 atom stereocenters. The van der Waals surface area contributed by atoms with Gasteiger partial charge in [-0.15, -0.1) is 12.4 Å². The SMILES string of the molecule is CC(C)CNCC1(N)CCCCC1.Cl. The van der Waals surface area contributed by atoms with E-state index in [2.05, 4.69) is 19.2 Å². The van der Waals surface area contributed by atoms with Gasteiger partial charge in [0.25, 0.3) is 0 Å². The van der Waals surface area contributed by atoms with Gasteiger partial charge in [0, 0.05) is 12.1 Å². The van der Waals surface area contributed by atoms with E-state index in [0.717, 1.165) is 19.0 Å². The number of hydrogen-bond donors (Lipinski definition) is 2. The van der Waals surface area contributed by atoms with E-state index in [1.54, 1.807) is 0 Å². The largest absolute Gasteiger partial charge is 0.324 e. The lowest BCUT2D eigenvalue weighted by atomic mass is 9.82. The van der Waals surface area contributed by atoms with Gasteiger partial charge in [-0.3, -0.25) is 0 Å². The predicted molar refractivity (Wildman–Crippen MR) is 65.0 cm³/mol. The Bertz CT molecular complexity index is 142. The minimum absolute atomic E-state index is 0. The maximum absolute atomic E-state index is 6.28. The number of rotatable bonds is 4. The topological polar surface area (TPSA) is 38.0 Å². The van der Waals surface area contributed by atoms with E-state index in [4.69, 9.17) is 5.73 Å². The van der Waals surface area contributed by atoms with Gasteiger partial charge < -0.3 is 11.1 Å². The van der Waals surface area contributed by atoms with Crippen LogP contribution in [-0.4, -0.2) is 18.6 Å². The molecule has 0 heterocycles. The van der Waals surface area contributed by atoms with Crippen LogP contribution in [0.2, 0.25) is 0 Å². The monoisotopic (exact) mass is 220 g/mol. The maximum atomic E-state index is 6.28. The van der Waals surface area contributed by atoms with Crippen LogP contribution in [0, 0.1) is 5.92 Å². The molecule has 0 bridgehead atoms. The number of hydrogen-bond acceptors (Lipinski definition) is 2. The molecule has 0 aliphatic heterocycles. The van der Waals surface area contributed by atoms with Gasteiger partial charge in [0.05, 0.1) is 0 Å². The minimum Gasteiger partial charge on any atom is -0.324 e. The van der Waals surface area contributed by atoms with E-state index in [1.807, 2.05) is 0 Å². The molecule has 0 saturated heterocycles. The first-order valence-corrected chi connectivity index (χ1v) is 5.62. The predicted octanol–water partition coefficient (Wildman–Crippen LogP) is 2.32. The summed E-state index contributed by atoms with van der Waals surface area (Å²) in [6.45, 7) is 6.57. The fraction of sp³-hybridized carbons (Fsp3) is 1.00. The fourth-order valence-electron chi connectivity index (χ4n) is 2.04. The van der Waals surface area contributed by atoms with Crippen LogP contribution in [0.15, 0.2) is 0 Å². The lowest BCUT2D eigenvalue weighted by Crippen LogP contribution is -2.50. The molecule has 3 heteroatoms. The summed E-state index contributed by atoms with van der Waals surface area (Å²) in [5.41, 5.74) is 6.39. The van der Waals surface area contributed by atoms with E-state index >= 15 is 0 Å². The standard InChI is InChI=1S/C11H24N2.ClH/c1-10(2)8-13-9-11(12)6-4-3-5-7-11;/h10,13H,3-9,12H2,1-2H3;1H. The van der Waals surface area contributed by atoms with Gasteiger partial charge in [-0.2, -0.15) is 0 Å². The summed E-state index contributed by atoms with van der Waals surface area (Å²) in [4.78, 5) is 0. The molecule has 1 saturated carbocycles. The van der Waals surface area contributed by atoms with Crippen LogP contribution in [0.3, 0.4) is 0 Å². The summed E-state index contributed by atoms with van der Waals surface area (Å²) in [6.07, 6.45) is 6.43. The average molecular weight is 221 g/mol.